The third kappa shape index (κ3) is 2.60. The van der Waals surface area contributed by atoms with E-state index in [0.717, 1.165) is 11.1 Å². The molecule has 0 saturated heterocycles. The van der Waals surface area contributed by atoms with E-state index in [4.69, 9.17) is 26.5 Å². The number of nitrogens with zero attached hydrogens (tertiary/aromatic N) is 1. The molecule has 0 saturated carbocycles. The molecule has 0 aliphatic heterocycles. The fourth-order valence-corrected chi connectivity index (χ4v) is 1.79. The number of pyridine rings is 1. The van der Waals surface area contributed by atoms with E-state index in [0.29, 0.717) is 17.6 Å². The van der Waals surface area contributed by atoms with Gasteiger partial charge in [-0.05, 0) is 36.2 Å². The smallest absolute Gasteiger partial charge is 0.198 e. The minimum absolute atomic E-state index is 0.305. The van der Waals surface area contributed by atoms with Crippen LogP contribution >= 0.6 is 11.6 Å². The second-order valence-corrected chi connectivity index (χ2v) is 3.86. The largest absolute Gasteiger partial charge is 0.492 e. The molecule has 0 amide bonds. The monoisotopic (exact) mass is 252 g/mol. The first-order valence-electron chi connectivity index (χ1n) is 5.28. The van der Waals surface area contributed by atoms with Crippen LogP contribution in [0.5, 0.6) is 5.75 Å². The fraction of sp³-hybridized carbons (Fsp3) is 0.250. The molecule has 0 aliphatic carbocycles. The van der Waals surface area contributed by atoms with Gasteiger partial charge in [-0.2, -0.15) is 0 Å². The SMILES string of the molecule is CCOc1cncc(C(N)c2ccoc2Cl)c1. The van der Waals surface area contributed by atoms with Crippen molar-refractivity contribution in [1.29, 1.82) is 0 Å². The van der Waals surface area contributed by atoms with Gasteiger partial charge in [0.25, 0.3) is 0 Å². The Balaban J connectivity index is 2.28. The second kappa shape index (κ2) is 5.21. The molecule has 2 rings (SSSR count). The van der Waals surface area contributed by atoms with Gasteiger partial charge in [0.05, 0.1) is 25.1 Å². The van der Waals surface area contributed by atoms with Gasteiger partial charge in [-0.3, -0.25) is 4.98 Å². The van der Waals surface area contributed by atoms with Crippen LogP contribution in [0.25, 0.3) is 0 Å². The topological polar surface area (TPSA) is 61.3 Å². The van der Waals surface area contributed by atoms with Crippen molar-refractivity contribution in [2.24, 2.45) is 5.73 Å². The molecule has 1 unspecified atom stereocenters. The minimum Gasteiger partial charge on any atom is -0.492 e. The summed E-state index contributed by atoms with van der Waals surface area (Å²) in [5.41, 5.74) is 7.66. The lowest BCUT2D eigenvalue weighted by Gasteiger charge is -2.11. The predicted molar refractivity (Wildman–Crippen MR) is 65.2 cm³/mol. The maximum absolute atomic E-state index is 6.09. The van der Waals surface area contributed by atoms with Gasteiger partial charge in [-0.25, -0.2) is 0 Å². The number of hydrogen-bond donors (Lipinski definition) is 1. The zero-order chi connectivity index (χ0) is 12.3. The van der Waals surface area contributed by atoms with E-state index in [-0.39, 0.29) is 6.04 Å². The van der Waals surface area contributed by atoms with E-state index in [1.807, 2.05) is 13.0 Å². The molecular formula is C12H13ClN2O2. The summed E-state index contributed by atoms with van der Waals surface area (Å²) in [6.07, 6.45) is 4.85. The van der Waals surface area contributed by atoms with Gasteiger partial charge < -0.3 is 14.9 Å². The summed E-state index contributed by atoms with van der Waals surface area (Å²) >= 11 is 5.89. The van der Waals surface area contributed by atoms with Crippen molar-refractivity contribution in [2.75, 3.05) is 6.61 Å². The van der Waals surface area contributed by atoms with Crippen LogP contribution in [0.15, 0.2) is 35.2 Å². The molecule has 0 radical (unpaired) electrons. The highest BCUT2D eigenvalue weighted by Crippen LogP contribution is 2.28. The Labute approximate surface area is 104 Å². The van der Waals surface area contributed by atoms with E-state index >= 15 is 0 Å². The van der Waals surface area contributed by atoms with Crippen LogP contribution < -0.4 is 10.5 Å². The molecule has 2 aromatic rings. The number of furan rings is 1. The Morgan fingerprint density at radius 2 is 2.35 bits per heavy atom. The van der Waals surface area contributed by atoms with Crippen LogP contribution in [0.3, 0.4) is 0 Å². The third-order valence-corrected chi connectivity index (χ3v) is 2.69. The fourth-order valence-electron chi connectivity index (χ4n) is 1.56. The Bertz CT molecular complexity index is 499. The lowest BCUT2D eigenvalue weighted by atomic mass is 10.0. The van der Waals surface area contributed by atoms with E-state index < -0.39 is 0 Å². The molecular weight excluding hydrogens is 240 g/mol. The van der Waals surface area contributed by atoms with Crippen molar-refractivity contribution >= 4 is 11.6 Å². The average Bonchev–Trinajstić information content (AvgIpc) is 2.75. The number of nitrogens with two attached hydrogens (primary N) is 1. The van der Waals surface area contributed by atoms with Gasteiger partial charge in [0.1, 0.15) is 5.75 Å². The van der Waals surface area contributed by atoms with Crippen molar-refractivity contribution in [2.45, 2.75) is 13.0 Å². The van der Waals surface area contributed by atoms with Crippen molar-refractivity contribution in [3.05, 3.63) is 47.1 Å². The summed E-state index contributed by atoms with van der Waals surface area (Å²) in [6, 6.07) is 3.24. The minimum atomic E-state index is -0.367. The average molecular weight is 253 g/mol. The highest BCUT2D eigenvalue weighted by atomic mass is 35.5. The van der Waals surface area contributed by atoms with Crippen LogP contribution in [0, 0.1) is 0 Å². The maximum atomic E-state index is 6.09. The van der Waals surface area contributed by atoms with Crippen LogP contribution in [0.4, 0.5) is 0 Å². The molecule has 2 heterocycles. The normalized spacial score (nSPS) is 12.4. The maximum Gasteiger partial charge on any atom is 0.198 e. The Hall–Kier alpha value is -1.52. The zero-order valence-corrected chi connectivity index (χ0v) is 10.1. The summed E-state index contributed by atoms with van der Waals surface area (Å²) in [5.74, 6) is 0.695. The Morgan fingerprint density at radius 1 is 1.53 bits per heavy atom. The molecule has 0 spiro atoms. The molecule has 1 atom stereocenters. The summed E-state index contributed by atoms with van der Waals surface area (Å²) in [4.78, 5) is 4.09. The van der Waals surface area contributed by atoms with Crippen molar-refractivity contribution < 1.29 is 9.15 Å². The van der Waals surface area contributed by atoms with Crippen LogP contribution in [-0.2, 0) is 0 Å². The van der Waals surface area contributed by atoms with Crippen LogP contribution in [0.2, 0.25) is 5.22 Å². The molecule has 17 heavy (non-hydrogen) atoms. The summed E-state index contributed by atoms with van der Waals surface area (Å²) in [5, 5.41) is 0.305. The van der Waals surface area contributed by atoms with Crippen molar-refractivity contribution in [3.63, 3.8) is 0 Å². The first-order chi connectivity index (χ1) is 8.22. The molecule has 0 bridgehead atoms. The molecule has 2 aromatic heterocycles. The van der Waals surface area contributed by atoms with Gasteiger partial charge in [0, 0.05) is 11.8 Å². The van der Waals surface area contributed by atoms with Crippen molar-refractivity contribution in [1.82, 2.24) is 4.98 Å². The number of ether oxygens (including phenoxy) is 1. The Kier molecular flexibility index (Phi) is 3.66. The molecule has 0 aliphatic rings. The number of aromatic nitrogens is 1. The predicted octanol–water partition coefficient (Wildman–Crippen LogP) is 2.77. The van der Waals surface area contributed by atoms with Gasteiger partial charge in [0.2, 0.25) is 0 Å². The standard InChI is InChI=1S/C12H13ClN2O2/c1-2-16-9-5-8(6-15-7-9)11(14)10-3-4-17-12(10)13/h3-7,11H,2,14H2,1H3. The molecule has 2 N–H and O–H groups in total. The molecule has 0 aromatic carbocycles. The van der Waals surface area contributed by atoms with Gasteiger partial charge in [-0.15, -0.1) is 0 Å². The lowest BCUT2D eigenvalue weighted by Crippen LogP contribution is -2.12. The lowest BCUT2D eigenvalue weighted by molar-refractivity contribution is 0.338. The summed E-state index contributed by atoms with van der Waals surface area (Å²) < 4.78 is 10.4. The van der Waals surface area contributed by atoms with E-state index in [2.05, 4.69) is 4.98 Å². The molecule has 5 heteroatoms. The molecule has 90 valence electrons. The highest BCUT2D eigenvalue weighted by Gasteiger charge is 2.15. The number of rotatable bonds is 4. The molecule has 0 fully saturated rings. The van der Waals surface area contributed by atoms with Crippen molar-refractivity contribution in [3.8, 4) is 5.75 Å². The van der Waals surface area contributed by atoms with Gasteiger partial charge in [0.15, 0.2) is 5.22 Å². The van der Waals surface area contributed by atoms with Gasteiger partial charge in [-0.1, -0.05) is 0 Å². The quantitative estimate of drug-likeness (QED) is 0.909. The van der Waals surface area contributed by atoms with Crippen LogP contribution in [-0.4, -0.2) is 11.6 Å². The third-order valence-electron chi connectivity index (χ3n) is 2.39. The van der Waals surface area contributed by atoms with E-state index in [1.54, 1.807) is 18.5 Å². The Morgan fingerprint density at radius 3 is 3.00 bits per heavy atom. The highest BCUT2D eigenvalue weighted by molar-refractivity contribution is 6.29. The van der Waals surface area contributed by atoms with E-state index in [1.165, 1.54) is 6.26 Å². The van der Waals surface area contributed by atoms with Crippen LogP contribution in [0.1, 0.15) is 24.1 Å². The zero-order valence-electron chi connectivity index (χ0n) is 9.39. The van der Waals surface area contributed by atoms with Gasteiger partial charge >= 0.3 is 0 Å². The second-order valence-electron chi connectivity index (χ2n) is 3.51. The number of halogens is 1. The number of hydrogen-bond acceptors (Lipinski definition) is 4. The summed E-state index contributed by atoms with van der Waals surface area (Å²) in [7, 11) is 0. The van der Waals surface area contributed by atoms with E-state index in [9.17, 15) is 0 Å². The summed E-state index contributed by atoms with van der Waals surface area (Å²) in [6.45, 7) is 2.51. The first kappa shape index (κ1) is 12.0. The first-order valence-corrected chi connectivity index (χ1v) is 5.66. The molecule has 4 nitrogen and oxygen atoms in total.